The first kappa shape index (κ1) is 13.9. The van der Waals surface area contributed by atoms with Crippen LogP contribution in [0.15, 0.2) is 36.5 Å². The van der Waals surface area contributed by atoms with Crippen LogP contribution in [-0.4, -0.2) is 25.0 Å². The molecule has 1 N–H and O–H groups in total. The van der Waals surface area contributed by atoms with E-state index in [9.17, 15) is 13.6 Å². The zero-order chi connectivity index (χ0) is 14.7. The molecule has 0 saturated carbocycles. The van der Waals surface area contributed by atoms with Crippen molar-refractivity contribution < 1.29 is 13.6 Å². The van der Waals surface area contributed by atoms with Gasteiger partial charge in [-0.25, -0.2) is 13.8 Å². The molecule has 1 amide bonds. The first-order valence-corrected chi connectivity index (χ1v) is 5.88. The van der Waals surface area contributed by atoms with Crippen molar-refractivity contribution >= 4 is 17.4 Å². The van der Waals surface area contributed by atoms with Gasteiger partial charge in [0.05, 0.1) is 17.4 Å². The predicted octanol–water partition coefficient (Wildman–Crippen LogP) is 2.68. The van der Waals surface area contributed by atoms with E-state index < -0.39 is 17.5 Å². The Bertz CT molecular complexity index is 627. The number of pyridine rings is 1. The molecule has 0 aliphatic carbocycles. The van der Waals surface area contributed by atoms with Gasteiger partial charge in [-0.1, -0.05) is 6.07 Å². The second-order valence-corrected chi connectivity index (χ2v) is 4.36. The van der Waals surface area contributed by atoms with Crippen LogP contribution < -0.4 is 10.2 Å². The number of carbonyl (C=O) groups excluding carboxylic acids is 1. The average Bonchev–Trinajstić information content (AvgIpc) is 2.42. The number of carbonyl (C=O) groups is 1. The van der Waals surface area contributed by atoms with Crippen molar-refractivity contribution in [1.29, 1.82) is 0 Å². The number of amides is 1. The molecule has 0 aliphatic rings. The molecule has 104 valence electrons. The van der Waals surface area contributed by atoms with Gasteiger partial charge in [-0.2, -0.15) is 0 Å². The summed E-state index contributed by atoms with van der Waals surface area (Å²) in [6.45, 7) is 0. The van der Waals surface area contributed by atoms with Crippen LogP contribution in [0.3, 0.4) is 0 Å². The third-order valence-electron chi connectivity index (χ3n) is 2.66. The lowest BCUT2D eigenvalue weighted by Crippen LogP contribution is -2.15. The largest absolute Gasteiger partial charge is 0.363 e. The zero-order valence-corrected chi connectivity index (χ0v) is 11.0. The van der Waals surface area contributed by atoms with E-state index in [1.54, 1.807) is 17.0 Å². The minimum Gasteiger partial charge on any atom is -0.363 e. The Morgan fingerprint density at radius 1 is 1.20 bits per heavy atom. The van der Waals surface area contributed by atoms with E-state index in [4.69, 9.17) is 0 Å². The minimum atomic E-state index is -1.16. The lowest BCUT2D eigenvalue weighted by Gasteiger charge is -2.11. The van der Waals surface area contributed by atoms with Crippen LogP contribution in [0.5, 0.6) is 0 Å². The Balaban J connectivity index is 2.17. The topological polar surface area (TPSA) is 45.2 Å². The van der Waals surface area contributed by atoms with Crippen LogP contribution in [-0.2, 0) is 0 Å². The molecule has 0 radical (unpaired) electrons. The number of rotatable bonds is 3. The summed E-state index contributed by atoms with van der Waals surface area (Å²) < 4.78 is 26.5. The standard InChI is InChI=1S/C14H13F2N3O/c1-19(2)12-7-6-9(8-17-12)18-14(20)10-4-3-5-11(15)13(10)16/h3-8H,1-2H3,(H,18,20). The molecule has 0 fully saturated rings. The van der Waals surface area contributed by atoms with Crippen molar-refractivity contribution in [2.75, 3.05) is 24.3 Å². The van der Waals surface area contributed by atoms with E-state index in [1.807, 2.05) is 14.1 Å². The van der Waals surface area contributed by atoms with Gasteiger partial charge in [0.2, 0.25) is 0 Å². The molecular formula is C14H13F2N3O. The number of halogens is 2. The molecule has 20 heavy (non-hydrogen) atoms. The van der Waals surface area contributed by atoms with Crippen LogP contribution >= 0.6 is 0 Å². The van der Waals surface area contributed by atoms with E-state index in [1.165, 1.54) is 18.3 Å². The van der Waals surface area contributed by atoms with Crippen LogP contribution in [0.25, 0.3) is 0 Å². The Hall–Kier alpha value is -2.50. The van der Waals surface area contributed by atoms with Gasteiger partial charge in [0, 0.05) is 14.1 Å². The van der Waals surface area contributed by atoms with E-state index >= 15 is 0 Å². The van der Waals surface area contributed by atoms with E-state index in [0.717, 1.165) is 11.9 Å². The summed E-state index contributed by atoms with van der Waals surface area (Å²) >= 11 is 0. The van der Waals surface area contributed by atoms with Gasteiger partial charge in [0.15, 0.2) is 11.6 Å². The Labute approximate surface area is 115 Å². The van der Waals surface area contributed by atoms with Gasteiger partial charge in [-0.3, -0.25) is 4.79 Å². The molecule has 0 bridgehead atoms. The highest BCUT2D eigenvalue weighted by atomic mass is 19.2. The molecule has 2 rings (SSSR count). The number of anilines is 2. The summed E-state index contributed by atoms with van der Waals surface area (Å²) in [6.07, 6.45) is 1.45. The molecule has 1 heterocycles. The number of nitrogens with zero attached hydrogens (tertiary/aromatic N) is 2. The predicted molar refractivity (Wildman–Crippen MR) is 72.9 cm³/mol. The Kier molecular flexibility index (Phi) is 3.93. The van der Waals surface area contributed by atoms with Gasteiger partial charge < -0.3 is 10.2 Å². The summed E-state index contributed by atoms with van der Waals surface area (Å²) in [5.41, 5.74) is 0.0611. The zero-order valence-electron chi connectivity index (χ0n) is 11.0. The summed E-state index contributed by atoms with van der Waals surface area (Å²) in [4.78, 5) is 17.8. The molecule has 0 saturated heterocycles. The van der Waals surface area contributed by atoms with Gasteiger partial charge in [-0.05, 0) is 24.3 Å². The summed E-state index contributed by atoms with van der Waals surface area (Å²) in [5, 5.41) is 2.47. The molecule has 6 heteroatoms. The molecule has 0 spiro atoms. The average molecular weight is 277 g/mol. The van der Waals surface area contributed by atoms with Crippen LogP contribution in [0, 0.1) is 11.6 Å². The number of benzene rings is 1. The number of nitrogens with one attached hydrogen (secondary N) is 1. The monoisotopic (exact) mass is 277 g/mol. The van der Waals surface area contributed by atoms with Crippen LogP contribution in [0.4, 0.5) is 20.3 Å². The van der Waals surface area contributed by atoms with E-state index in [-0.39, 0.29) is 5.56 Å². The normalized spacial score (nSPS) is 10.2. The van der Waals surface area contributed by atoms with Crippen LogP contribution in [0.1, 0.15) is 10.4 Å². The van der Waals surface area contributed by atoms with Crippen molar-refractivity contribution in [2.24, 2.45) is 0 Å². The van der Waals surface area contributed by atoms with E-state index in [2.05, 4.69) is 10.3 Å². The fourth-order valence-electron chi connectivity index (χ4n) is 1.60. The van der Waals surface area contributed by atoms with Gasteiger partial charge >= 0.3 is 0 Å². The summed E-state index contributed by atoms with van der Waals surface area (Å²) in [5.74, 6) is -2.22. The third kappa shape index (κ3) is 2.90. The first-order chi connectivity index (χ1) is 9.49. The van der Waals surface area contributed by atoms with Crippen molar-refractivity contribution in [3.05, 3.63) is 53.7 Å². The highest BCUT2D eigenvalue weighted by Crippen LogP contribution is 2.15. The molecule has 0 unspecified atom stereocenters. The molecule has 2 aromatic rings. The number of hydrogen-bond acceptors (Lipinski definition) is 3. The fourth-order valence-corrected chi connectivity index (χ4v) is 1.60. The van der Waals surface area contributed by atoms with Crippen molar-refractivity contribution in [3.63, 3.8) is 0 Å². The maximum atomic E-state index is 13.5. The lowest BCUT2D eigenvalue weighted by atomic mass is 10.2. The van der Waals surface area contributed by atoms with Gasteiger partial charge in [0.25, 0.3) is 5.91 Å². The molecule has 0 aliphatic heterocycles. The molecule has 4 nitrogen and oxygen atoms in total. The van der Waals surface area contributed by atoms with Gasteiger partial charge in [0.1, 0.15) is 5.82 Å². The lowest BCUT2D eigenvalue weighted by molar-refractivity contribution is 0.102. The van der Waals surface area contributed by atoms with Crippen molar-refractivity contribution in [3.8, 4) is 0 Å². The SMILES string of the molecule is CN(C)c1ccc(NC(=O)c2cccc(F)c2F)cn1. The van der Waals surface area contributed by atoms with Crippen molar-refractivity contribution in [2.45, 2.75) is 0 Å². The Morgan fingerprint density at radius 2 is 1.95 bits per heavy atom. The van der Waals surface area contributed by atoms with E-state index in [0.29, 0.717) is 5.69 Å². The molecule has 1 aromatic heterocycles. The summed E-state index contributed by atoms with van der Waals surface area (Å²) in [6, 6.07) is 6.80. The maximum absolute atomic E-state index is 13.5. The smallest absolute Gasteiger partial charge is 0.258 e. The molecular weight excluding hydrogens is 264 g/mol. The summed E-state index contributed by atoms with van der Waals surface area (Å²) in [7, 11) is 3.67. The highest BCUT2D eigenvalue weighted by molar-refractivity contribution is 6.04. The maximum Gasteiger partial charge on any atom is 0.258 e. The minimum absolute atomic E-state index is 0.346. The van der Waals surface area contributed by atoms with Gasteiger partial charge in [-0.15, -0.1) is 0 Å². The first-order valence-electron chi connectivity index (χ1n) is 5.88. The second kappa shape index (κ2) is 5.64. The van der Waals surface area contributed by atoms with Crippen molar-refractivity contribution in [1.82, 2.24) is 4.98 Å². The van der Waals surface area contributed by atoms with Crippen LogP contribution in [0.2, 0.25) is 0 Å². The number of aromatic nitrogens is 1. The second-order valence-electron chi connectivity index (χ2n) is 4.36. The molecule has 1 aromatic carbocycles. The fraction of sp³-hybridized carbons (Fsp3) is 0.143. The third-order valence-corrected chi connectivity index (χ3v) is 2.66. The number of hydrogen-bond donors (Lipinski definition) is 1. The highest BCUT2D eigenvalue weighted by Gasteiger charge is 2.15. The Morgan fingerprint density at radius 3 is 2.55 bits per heavy atom. The molecule has 0 atom stereocenters. The quantitative estimate of drug-likeness (QED) is 0.938.